The van der Waals surface area contributed by atoms with E-state index in [1.54, 1.807) is 0 Å². The zero-order valence-corrected chi connectivity index (χ0v) is 7.96. The standard InChI is InChI=1S/BH3O3.Ca.Gd.H2O.2H/c2-1(3)4;;;;;/h2-4H;;;1H2;;/q;+2;;;2*-1. The molecule has 0 heterocycles. The van der Waals surface area contributed by atoms with Crippen LogP contribution in [0.1, 0.15) is 2.85 Å². The molecular weight excluding hydrogens is 272 g/mol. The molecule has 0 aliphatic heterocycles. The minimum absolute atomic E-state index is 0. The molecule has 4 nitrogen and oxygen atoms in total. The average Bonchev–Trinajstić information content (AvgIpc) is 0.811. The summed E-state index contributed by atoms with van der Waals surface area (Å²) in [6.45, 7) is 0. The van der Waals surface area contributed by atoms with Gasteiger partial charge in [-0.25, -0.2) is 0 Å². The van der Waals surface area contributed by atoms with Crippen LogP contribution in [0.4, 0.5) is 0 Å². The number of hydrogen-bond donors (Lipinski definition) is 3. The minimum atomic E-state index is -2.17. The van der Waals surface area contributed by atoms with Crippen LogP contribution < -0.4 is 0 Å². The quantitative estimate of drug-likeness (QED) is 0.412. The van der Waals surface area contributed by atoms with Crippen LogP contribution in [-0.2, 0) is 0 Å². The van der Waals surface area contributed by atoms with Gasteiger partial charge in [0.15, 0.2) is 0 Å². The van der Waals surface area contributed by atoms with Crippen molar-refractivity contribution in [3.63, 3.8) is 0 Å². The van der Waals surface area contributed by atoms with Crippen molar-refractivity contribution in [2.75, 3.05) is 0 Å². The number of rotatable bonds is 0. The van der Waals surface area contributed by atoms with Crippen LogP contribution in [0.15, 0.2) is 0 Å². The largest absolute Gasteiger partial charge is 2.00 e. The second kappa shape index (κ2) is 15.8. The van der Waals surface area contributed by atoms with E-state index in [4.69, 9.17) is 15.1 Å². The SMILES string of the molecule is O.OB(O)O.[Ca+2].[Gd].[H-].[H-]. The Kier molecular flexibility index (Phi) is 51.2. The first kappa shape index (κ1) is 22.7. The number of hydrogen-bond acceptors (Lipinski definition) is 3. The zero-order chi connectivity index (χ0) is 3.58. The average molecular weight is 279 g/mol. The van der Waals surface area contributed by atoms with E-state index in [0.29, 0.717) is 0 Å². The maximum atomic E-state index is 7.17. The summed E-state index contributed by atoms with van der Waals surface area (Å²) in [6, 6.07) is 0. The van der Waals surface area contributed by atoms with Gasteiger partial charge in [-0.05, 0) is 0 Å². The van der Waals surface area contributed by atoms with Crippen molar-refractivity contribution in [1.29, 1.82) is 0 Å². The van der Waals surface area contributed by atoms with Gasteiger partial charge in [0.25, 0.3) is 0 Å². The second-order valence-corrected chi connectivity index (χ2v) is 0.346. The molecule has 0 aromatic carbocycles. The van der Waals surface area contributed by atoms with Crippen molar-refractivity contribution in [2.24, 2.45) is 0 Å². The molecular formula is H7BCaGdO4. The summed E-state index contributed by atoms with van der Waals surface area (Å²) in [5.74, 6) is 0. The van der Waals surface area contributed by atoms with Gasteiger partial charge >= 0.3 is 45.1 Å². The molecule has 0 aliphatic rings. The van der Waals surface area contributed by atoms with Crippen molar-refractivity contribution in [3.05, 3.63) is 0 Å². The summed E-state index contributed by atoms with van der Waals surface area (Å²) in [6.07, 6.45) is 0. The monoisotopic (exact) mass is 280 g/mol. The van der Waals surface area contributed by atoms with Crippen LogP contribution in [0.3, 0.4) is 0 Å². The van der Waals surface area contributed by atoms with Gasteiger partial charge in [0.05, 0.1) is 0 Å². The minimum Gasteiger partial charge on any atom is -1.00 e. The first-order chi connectivity index (χ1) is 1.73. The van der Waals surface area contributed by atoms with Gasteiger partial charge in [0.2, 0.25) is 0 Å². The van der Waals surface area contributed by atoms with E-state index in [9.17, 15) is 0 Å². The fourth-order valence-corrected chi connectivity index (χ4v) is 0. The van der Waals surface area contributed by atoms with E-state index >= 15 is 0 Å². The molecule has 0 unspecified atom stereocenters. The summed E-state index contributed by atoms with van der Waals surface area (Å²) in [4.78, 5) is 0. The molecule has 0 saturated carbocycles. The van der Waals surface area contributed by atoms with Gasteiger partial charge in [-0.3, -0.25) is 0 Å². The Hall–Kier alpha value is 2.49. The maximum Gasteiger partial charge on any atom is 2.00 e. The molecule has 0 amide bonds. The van der Waals surface area contributed by atoms with Crippen molar-refractivity contribution in [1.82, 2.24) is 0 Å². The topological polar surface area (TPSA) is 92.2 Å². The Bertz CT molecular complexity index is 23.3. The van der Waals surface area contributed by atoms with Crippen molar-refractivity contribution in [2.45, 2.75) is 0 Å². The Balaban J connectivity index is -0.00000000450. The molecule has 0 saturated heterocycles. The molecule has 0 aromatic heterocycles. The van der Waals surface area contributed by atoms with Gasteiger partial charge in [-0.15, -0.1) is 0 Å². The molecule has 0 rings (SSSR count). The first-order valence-corrected chi connectivity index (χ1v) is 0.775. The van der Waals surface area contributed by atoms with Crippen LogP contribution >= 0.6 is 0 Å². The predicted octanol–water partition coefficient (Wildman–Crippen LogP) is -3.03. The second-order valence-electron chi connectivity index (χ2n) is 0.346. The van der Waals surface area contributed by atoms with Crippen molar-refractivity contribution < 1.29 is 63.3 Å². The normalized spacial score (nSPS) is 3.86. The van der Waals surface area contributed by atoms with E-state index in [2.05, 4.69) is 0 Å². The Labute approximate surface area is 106 Å². The van der Waals surface area contributed by atoms with E-state index in [1.165, 1.54) is 0 Å². The van der Waals surface area contributed by atoms with Crippen LogP contribution in [0.25, 0.3) is 0 Å². The fourth-order valence-electron chi connectivity index (χ4n) is 0. The Morgan fingerprint density at radius 2 is 1.14 bits per heavy atom. The van der Waals surface area contributed by atoms with E-state index in [-0.39, 0.29) is 86.0 Å². The Morgan fingerprint density at radius 1 is 1.14 bits per heavy atom. The molecule has 0 atom stereocenters. The molecule has 0 bridgehead atoms. The third-order valence-corrected chi connectivity index (χ3v) is 0. The van der Waals surface area contributed by atoms with Crippen LogP contribution in [0.5, 0.6) is 0 Å². The smallest absolute Gasteiger partial charge is 1.00 e. The summed E-state index contributed by atoms with van der Waals surface area (Å²) in [5.41, 5.74) is 0. The van der Waals surface area contributed by atoms with Gasteiger partial charge in [-0.1, -0.05) is 0 Å². The molecule has 44 valence electrons. The Morgan fingerprint density at radius 3 is 1.14 bits per heavy atom. The van der Waals surface area contributed by atoms with Gasteiger partial charge in [-0.2, -0.15) is 0 Å². The summed E-state index contributed by atoms with van der Waals surface area (Å²) >= 11 is 0. The third-order valence-electron chi connectivity index (χ3n) is 0. The van der Waals surface area contributed by atoms with E-state index in [0.717, 1.165) is 0 Å². The van der Waals surface area contributed by atoms with E-state index in [1.807, 2.05) is 0 Å². The molecule has 0 aliphatic carbocycles. The predicted molar refractivity (Wildman–Crippen MR) is 24.0 cm³/mol. The zero-order valence-electron chi connectivity index (χ0n) is 5.48. The molecule has 0 aromatic rings. The third kappa shape index (κ3) is 57.7. The molecule has 5 N–H and O–H groups in total. The summed E-state index contributed by atoms with van der Waals surface area (Å²) < 4.78 is 0. The van der Waals surface area contributed by atoms with Crippen LogP contribution in [0, 0.1) is 39.9 Å². The molecule has 7 heavy (non-hydrogen) atoms. The van der Waals surface area contributed by atoms with Gasteiger partial charge < -0.3 is 23.4 Å². The molecule has 0 radical (unpaired) electrons. The van der Waals surface area contributed by atoms with Crippen LogP contribution in [-0.4, -0.2) is 65.6 Å². The molecule has 0 fully saturated rings. The summed E-state index contributed by atoms with van der Waals surface area (Å²) in [5, 5.41) is 21.5. The van der Waals surface area contributed by atoms with Gasteiger partial charge in [0, 0.05) is 39.9 Å². The first-order valence-electron chi connectivity index (χ1n) is 0.775. The van der Waals surface area contributed by atoms with E-state index < -0.39 is 7.32 Å². The summed E-state index contributed by atoms with van der Waals surface area (Å²) in [7, 11) is -2.17. The van der Waals surface area contributed by atoms with Crippen LogP contribution in [0.2, 0.25) is 0 Å². The molecule has 0 spiro atoms. The van der Waals surface area contributed by atoms with Crippen molar-refractivity contribution in [3.8, 4) is 0 Å². The maximum absolute atomic E-state index is 7.17. The van der Waals surface area contributed by atoms with Crippen molar-refractivity contribution >= 4 is 45.1 Å². The fraction of sp³-hybridized carbons (Fsp3) is 0. The molecule has 7 heteroatoms. The van der Waals surface area contributed by atoms with Gasteiger partial charge in [0.1, 0.15) is 0 Å².